The number of benzene rings is 2. The van der Waals surface area contributed by atoms with Crippen LogP contribution in [0.5, 0.6) is 0 Å². The molecular weight excluding hydrogens is 473 g/mol. The second-order valence-corrected chi connectivity index (χ2v) is 7.51. The number of nitrogens with zero attached hydrogens (tertiary/aromatic N) is 3. The van der Waals surface area contributed by atoms with Gasteiger partial charge in [0.05, 0.1) is 11.3 Å². The molecule has 0 aliphatic rings. The number of alkyl halides is 3. The number of rotatable bonds is 4. The Morgan fingerprint density at radius 3 is 2.32 bits per heavy atom. The molecule has 0 aliphatic heterocycles. The van der Waals surface area contributed by atoms with Crippen molar-refractivity contribution in [2.75, 3.05) is 12.4 Å². The van der Waals surface area contributed by atoms with E-state index in [1.807, 2.05) is 0 Å². The minimum Gasteiger partial charge on any atom is -0.355 e. The maximum absolute atomic E-state index is 13.1. The van der Waals surface area contributed by atoms with Crippen molar-refractivity contribution in [2.45, 2.75) is 6.18 Å². The minimum absolute atomic E-state index is 0.0498. The van der Waals surface area contributed by atoms with Crippen molar-refractivity contribution in [3.05, 3.63) is 70.9 Å². The summed E-state index contributed by atoms with van der Waals surface area (Å²) in [4.78, 5) is 28.4. The summed E-state index contributed by atoms with van der Waals surface area (Å²) < 4.78 is 40.7. The number of aromatic nitrogens is 3. The van der Waals surface area contributed by atoms with Crippen LogP contribution >= 0.6 is 11.6 Å². The summed E-state index contributed by atoms with van der Waals surface area (Å²) in [5.41, 5.74) is 6.00. The Morgan fingerprint density at radius 1 is 1.06 bits per heavy atom. The highest BCUT2D eigenvalue weighted by Gasteiger charge is 2.31. The number of carbonyl (C=O) groups is 2. The van der Waals surface area contributed by atoms with Crippen LogP contribution in [0, 0.1) is 0 Å². The Labute approximate surface area is 195 Å². The van der Waals surface area contributed by atoms with E-state index in [2.05, 4.69) is 20.7 Å². The normalized spacial score (nSPS) is 11.4. The molecule has 0 saturated carbocycles. The molecule has 2 aromatic heterocycles. The molecule has 174 valence electrons. The van der Waals surface area contributed by atoms with Gasteiger partial charge in [0.1, 0.15) is 5.56 Å². The number of hydrogen-bond acceptors (Lipinski definition) is 4. The van der Waals surface area contributed by atoms with E-state index in [1.165, 1.54) is 29.9 Å². The summed E-state index contributed by atoms with van der Waals surface area (Å²) in [6.45, 7) is 0. The molecule has 0 spiro atoms. The number of halogens is 4. The lowest BCUT2D eigenvalue weighted by atomic mass is 9.99. The third-order valence-corrected chi connectivity index (χ3v) is 5.32. The molecule has 0 saturated heterocycles. The molecule has 4 N–H and O–H groups in total. The van der Waals surface area contributed by atoms with E-state index in [1.54, 1.807) is 24.3 Å². The van der Waals surface area contributed by atoms with Crippen LogP contribution in [0.15, 0.2) is 54.7 Å². The van der Waals surface area contributed by atoms with E-state index in [4.69, 9.17) is 17.3 Å². The molecular formula is C22H16ClF3N6O2. The van der Waals surface area contributed by atoms with Gasteiger partial charge in [0.15, 0.2) is 11.5 Å². The largest absolute Gasteiger partial charge is 0.416 e. The van der Waals surface area contributed by atoms with Crippen LogP contribution in [-0.2, 0) is 6.18 Å². The topological polar surface area (TPSA) is 114 Å². The van der Waals surface area contributed by atoms with E-state index in [9.17, 15) is 22.8 Å². The molecule has 0 atom stereocenters. The highest BCUT2D eigenvalue weighted by molar-refractivity contribution is 6.33. The van der Waals surface area contributed by atoms with Gasteiger partial charge < -0.3 is 11.1 Å². The monoisotopic (exact) mass is 488 g/mol. The molecule has 8 nitrogen and oxygen atoms in total. The molecule has 3 amide bonds. The van der Waals surface area contributed by atoms with Gasteiger partial charge in [-0.2, -0.15) is 13.2 Å². The van der Waals surface area contributed by atoms with Crippen LogP contribution in [0.4, 0.5) is 23.8 Å². The van der Waals surface area contributed by atoms with Crippen LogP contribution in [0.2, 0.25) is 5.02 Å². The number of primary amides is 1. The van der Waals surface area contributed by atoms with E-state index in [-0.39, 0.29) is 17.0 Å². The van der Waals surface area contributed by atoms with Gasteiger partial charge in [-0.3, -0.25) is 10.1 Å². The molecule has 0 radical (unpaired) electrons. The molecule has 4 aromatic rings. The second-order valence-electron chi connectivity index (χ2n) is 7.10. The predicted octanol–water partition coefficient (Wildman–Crippen LogP) is 4.59. The maximum atomic E-state index is 13.1. The number of urea groups is 1. The third kappa shape index (κ3) is 4.13. The van der Waals surface area contributed by atoms with Crippen LogP contribution in [-0.4, -0.2) is 33.6 Å². The number of hydrogen-bond donors (Lipinski definition) is 3. The Hall–Kier alpha value is -4.12. The van der Waals surface area contributed by atoms with Crippen molar-refractivity contribution in [1.82, 2.24) is 19.9 Å². The van der Waals surface area contributed by atoms with Gasteiger partial charge in [0.25, 0.3) is 5.91 Å². The SMILES string of the molecule is CNC(=O)c1c(NC(N)=O)nn2c(-c3ccc(C(F)(F)F)cc3)c(-c3ccccc3Cl)cnc12. The molecule has 0 fully saturated rings. The molecule has 2 heterocycles. The van der Waals surface area contributed by atoms with Crippen molar-refractivity contribution in [3.63, 3.8) is 0 Å². The first-order valence-electron chi connectivity index (χ1n) is 9.74. The van der Waals surface area contributed by atoms with Crippen LogP contribution < -0.4 is 16.4 Å². The Balaban J connectivity index is 2.08. The summed E-state index contributed by atoms with van der Waals surface area (Å²) in [7, 11) is 1.38. The zero-order chi connectivity index (χ0) is 24.6. The molecule has 34 heavy (non-hydrogen) atoms. The Kier molecular flexibility index (Phi) is 5.88. The Bertz CT molecular complexity index is 1420. The third-order valence-electron chi connectivity index (χ3n) is 4.99. The van der Waals surface area contributed by atoms with Crippen LogP contribution in [0.1, 0.15) is 15.9 Å². The summed E-state index contributed by atoms with van der Waals surface area (Å²) in [6.07, 6.45) is -3.08. The lowest BCUT2D eigenvalue weighted by Crippen LogP contribution is -2.24. The van der Waals surface area contributed by atoms with Crippen molar-refractivity contribution >= 4 is 35.0 Å². The minimum atomic E-state index is -4.52. The van der Waals surface area contributed by atoms with Crippen molar-refractivity contribution in [2.24, 2.45) is 5.73 Å². The average Bonchev–Trinajstić information content (AvgIpc) is 3.15. The first-order valence-corrected chi connectivity index (χ1v) is 10.1. The highest BCUT2D eigenvalue weighted by Crippen LogP contribution is 2.38. The average molecular weight is 489 g/mol. The van der Waals surface area contributed by atoms with Gasteiger partial charge in [-0.1, -0.05) is 41.9 Å². The van der Waals surface area contributed by atoms with E-state index in [0.717, 1.165) is 12.1 Å². The van der Waals surface area contributed by atoms with Gasteiger partial charge in [-0.15, -0.1) is 5.10 Å². The van der Waals surface area contributed by atoms with Gasteiger partial charge in [-0.25, -0.2) is 14.3 Å². The quantitative estimate of drug-likeness (QED) is 0.390. The standard InChI is InChI=1S/C22H16ClF3N6O2/c1-28-20(33)16-18(30-21(27)34)31-32-17(11-6-8-12(9-7-11)22(24,25)26)14(10-29-19(16)32)13-4-2-3-5-15(13)23/h2-10H,1H3,(H,28,33)(H3,27,30,31,34). The molecule has 0 aliphatic carbocycles. The van der Waals surface area contributed by atoms with Gasteiger partial charge in [0.2, 0.25) is 0 Å². The lowest BCUT2D eigenvalue weighted by Gasteiger charge is -2.14. The summed E-state index contributed by atoms with van der Waals surface area (Å²) in [6, 6.07) is 10.3. The molecule has 0 unspecified atom stereocenters. The molecule has 0 bridgehead atoms. The zero-order valence-corrected chi connectivity index (χ0v) is 18.2. The summed E-state index contributed by atoms with van der Waals surface area (Å²) >= 11 is 6.39. The predicted molar refractivity (Wildman–Crippen MR) is 120 cm³/mol. The molecule has 12 heteroatoms. The van der Waals surface area contributed by atoms with E-state index >= 15 is 0 Å². The van der Waals surface area contributed by atoms with Gasteiger partial charge >= 0.3 is 12.2 Å². The van der Waals surface area contributed by atoms with Crippen molar-refractivity contribution in [3.8, 4) is 22.4 Å². The summed E-state index contributed by atoms with van der Waals surface area (Å²) in [5.74, 6) is -0.765. The fourth-order valence-electron chi connectivity index (χ4n) is 3.50. The first kappa shape index (κ1) is 23.1. The molecule has 2 aromatic carbocycles. The lowest BCUT2D eigenvalue weighted by molar-refractivity contribution is -0.137. The van der Waals surface area contributed by atoms with E-state index in [0.29, 0.717) is 27.4 Å². The zero-order valence-electron chi connectivity index (χ0n) is 17.4. The maximum Gasteiger partial charge on any atom is 0.416 e. The second kappa shape index (κ2) is 8.67. The highest BCUT2D eigenvalue weighted by atomic mass is 35.5. The van der Waals surface area contributed by atoms with Crippen molar-refractivity contribution < 1.29 is 22.8 Å². The molecule has 4 rings (SSSR count). The number of amides is 3. The van der Waals surface area contributed by atoms with Gasteiger partial charge in [0, 0.05) is 35.0 Å². The smallest absolute Gasteiger partial charge is 0.355 e. The first-order chi connectivity index (χ1) is 16.1. The number of nitrogens with two attached hydrogens (primary N) is 1. The fourth-order valence-corrected chi connectivity index (χ4v) is 3.73. The fraction of sp³-hybridized carbons (Fsp3) is 0.0909. The van der Waals surface area contributed by atoms with Crippen LogP contribution in [0.25, 0.3) is 28.0 Å². The summed E-state index contributed by atoms with van der Waals surface area (Å²) in [5, 5.41) is 9.40. The number of fused-ring (bicyclic) bond motifs is 1. The number of carbonyl (C=O) groups excluding carboxylic acids is 2. The number of nitrogens with one attached hydrogen (secondary N) is 2. The Morgan fingerprint density at radius 2 is 1.74 bits per heavy atom. The number of anilines is 1. The van der Waals surface area contributed by atoms with Crippen molar-refractivity contribution in [1.29, 1.82) is 0 Å². The van der Waals surface area contributed by atoms with Crippen LogP contribution in [0.3, 0.4) is 0 Å². The van der Waals surface area contributed by atoms with Gasteiger partial charge in [-0.05, 0) is 18.2 Å². The van der Waals surface area contributed by atoms with E-state index < -0.39 is 23.7 Å².